The molecule has 9 heteroatoms. The largest absolute Gasteiger partial charge is 0.379 e. The van der Waals surface area contributed by atoms with E-state index in [9.17, 15) is 17.6 Å². The molecular formula is C26H28FN3O4S. The van der Waals surface area contributed by atoms with Crippen molar-refractivity contribution in [2.75, 3.05) is 31.0 Å². The molecule has 0 unspecified atom stereocenters. The van der Waals surface area contributed by atoms with Gasteiger partial charge in [-0.2, -0.15) is 0 Å². The van der Waals surface area contributed by atoms with Crippen LogP contribution in [0, 0.1) is 12.7 Å². The number of carbonyl (C=O) groups excluding carboxylic acids is 1. The fraction of sp³-hybridized carbons (Fsp3) is 0.269. The molecule has 0 radical (unpaired) electrons. The smallest absolute Gasteiger partial charge is 0.261 e. The molecule has 4 rings (SSSR count). The van der Waals surface area contributed by atoms with Crippen molar-refractivity contribution in [2.45, 2.75) is 24.9 Å². The Hall–Kier alpha value is -3.27. The van der Waals surface area contributed by atoms with Crippen LogP contribution in [0.25, 0.3) is 0 Å². The number of ether oxygens (including phenoxy) is 1. The highest BCUT2D eigenvalue weighted by molar-refractivity contribution is 7.92. The van der Waals surface area contributed by atoms with Gasteiger partial charge in [0.1, 0.15) is 5.82 Å². The van der Waals surface area contributed by atoms with E-state index in [0.29, 0.717) is 17.7 Å². The summed E-state index contributed by atoms with van der Waals surface area (Å²) in [7, 11) is -4.01. The van der Waals surface area contributed by atoms with Gasteiger partial charge in [0.25, 0.3) is 15.9 Å². The number of nitrogens with zero attached hydrogens (tertiary/aromatic N) is 1. The number of carbonyl (C=O) groups is 1. The minimum absolute atomic E-state index is 0.188. The molecular weight excluding hydrogens is 469 g/mol. The van der Waals surface area contributed by atoms with Gasteiger partial charge in [0, 0.05) is 37.4 Å². The maximum absolute atomic E-state index is 13.8. The Labute approximate surface area is 205 Å². The highest BCUT2D eigenvalue weighted by Crippen LogP contribution is 2.20. The van der Waals surface area contributed by atoms with E-state index in [1.54, 1.807) is 19.1 Å². The summed E-state index contributed by atoms with van der Waals surface area (Å²) in [6.45, 7) is 5.87. The van der Waals surface area contributed by atoms with E-state index in [2.05, 4.69) is 21.0 Å². The van der Waals surface area contributed by atoms with Crippen LogP contribution in [0.2, 0.25) is 0 Å². The number of amides is 1. The van der Waals surface area contributed by atoms with Crippen molar-refractivity contribution in [3.63, 3.8) is 0 Å². The number of nitrogens with one attached hydrogen (secondary N) is 2. The van der Waals surface area contributed by atoms with Gasteiger partial charge in [0.15, 0.2) is 0 Å². The molecule has 3 aromatic carbocycles. The Balaban J connectivity index is 1.42. The lowest BCUT2D eigenvalue weighted by molar-refractivity contribution is 0.0340. The Morgan fingerprint density at radius 3 is 2.49 bits per heavy atom. The summed E-state index contributed by atoms with van der Waals surface area (Å²) in [5.74, 6) is -0.927. The molecule has 0 spiro atoms. The first-order chi connectivity index (χ1) is 16.8. The molecule has 0 aliphatic carbocycles. The number of sulfonamides is 1. The molecule has 0 atom stereocenters. The van der Waals surface area contributed by atoms with E-state index in [1.165, 1.54) is 24.3 Å². The van der Waals surface area contributed by atoms with Crippen molar-refractivity contribution >= 4 is 21.6 Å². The molecule has 7 nitrogen and oxygen atoms in total. The fourth-order valence-electron chi connectivity index (χ4n) is 3.84. The molecule has 1 amide bonds. The lowest BCUT2D eigenvalue weighted by Gasteiger charge is -2.27. The van der Waals surface area contributed by atoms with Crippen LogP contribution in [0.3, 0.4) is 0 Å². The number of hydrogen-bond acceptors (Lipinski definition) is 5. The third-order valence-corrected chi connectivity index (χ3v) is 7.26. The van der Waals surface area contributed by atoms with Crippen molar-refractivity contribution in [2.24, 2.45) is 0 Å². The van der Waals surface area contributed by atoms with Crippen LogP contribution in [0.15, 0.2) is 71.6 Å². The standard InChI is InChI=1S/C26H28FN3O4S/c1-19-9-10-24(16-25(19)27)35(32,33)29-23-8-4-7-20(15-23)26(31)28-17-21-5-2-3-6-22(21)18-30-11-13-34-14-12-30/h2-10,15-16,29H,11-14,17-18H2,1H3,(H,28,31). The van der Waals surface area contributed by atoms with E-state index >= 15 is 0 Å². The zero-order valence-electron chi connectivity index (χ0n) is 19.5. The fourth-order valence-corrected chi connectivity index (χ4v) is 4.90. The molecule has 1 aliphatic heterocycles. The molecule has 0 saturated carbocycles. The summed E-state index contributed by atoms with van der Waals surface area (Å²) in [5, 5.41) is 2.92. The number of anilines is 1. The summed E-state index contributed by atoms with van der Waals surface area (Å²) < 4.78 is 47.0. The summed E-state index contributed by atoms with van der Waals surface area (Å²) in [6.07, 6.45) is 0. The van der Waals surface area contributed by atoms with Crippen molar-refractivity contribution in [3.05, 3.63) is 94.8 Å². The van der Waals surface area contributed by atoms with E-state index in [0.717, 1.165) is 50.0 Å². The molecule has 2 N–H and O–H groups in total. The van der Waals surface area contributed by atoms with Gasteiger partial charge in [-0.3, -0.25) is 14.4 Å². The highest BCUT2D eigenvalue weighted by atomic mass is 32.2. The summed E-state index contributed by atoms with van der Waals surface area (Å²) >= 11 is 0. The van der Waals surface area contributed by atoms with Crippen LogP contribution in [-0.4, -0.2) is 45.5 Å². The second-order valence-corrected chi connectivity index (χ2v) is 10.1. The van der Waals surface area contributed by atoms with Crippen molar-refractivity contribution in [1.29, 1.82) is 0 Å². The Morgan fingerprint density at radius 1 is 1.00 bits per heavy atom. The van der Waals surface area contributed by atoms with Crippen molar-refractivity contribution < 1.29 is 22.3 Å². The lowest BCUT2D eigenvalue weighted by atomic mass is 10.1. The van der Waals surface area contributed by atoms with Gasteiger partial charge in [0.2, 0.25) is 0 Å². The third kappa shape index (κ3) is 6.45. The number of morpholine rings is 1. The first-order valence-electron chi connectivity index (χ1n) is 11.4. The number of aryl methyl sites for hydroxylation is 1. The molecule has 0 aromatic heterocycles. The first-order valence-corrected chi connectivity index (χ1v) is 12.8. The number of halogens is 1. The second-order valence-electron chi connectivity index (χ2n) is 8.44. The molecule has 3 aromatic rings. The Morgan fingerprint density at radius 2 is 1.74 bits per heavy atom. The van der Waals surface area contributed by atoms with Gasteiger partial charge in [-0.15, -0.1) is 0 Å². The monoisotopic (exact) mass is 497 g/mol. The molecule has 184 valence electrons. The van der Waals surface area contributed by atoms with Crippen LogP contribution >= 0.6 is 0 Å². The van der Waals surface area contributed by atoms with Gasteiger partial charge >= 0.3 is 0 Å². The average Bonchev–Trinajstić information content (AvgIpc) is 2.85. The summed E-state index contributed by atoms with van der Waals surface area (Å²) in [4.78, 5) is 15.0. The molecule has 1 aliphatic rings. The maximum atomic E-state index is 13.8. The normalized spacial score (nSPS) is 14.5. The minimum atomic E-state index is -4.01. The predicted molar refractivity (Wildman–Crippen MR) is 132 cm³/mol. The zero-order valence-corrected chi connectivity index (χ0v) is 20.3. The van der Waals surface area contributed by atoms with Crippen LogP contribution in [-0.2, 0) is 27.8 Å². The van der Waals surface area contributed by atoms with Crippen molar-refractivity contribution in [1.82, 2.24) is 10.2 Å². The predicted octanol–water partition coefficient (Wildman–Crippen LogP) is 3.70. The molecule has 1 heterocycles. The topological polar surface area (TPSA) is 87.7 Å². The number of hydrogen-bond donors (Lipinski definition) is 2. The van der Waals surface area contributed by atoms with Gasteiger partial charge in [-0.1, -0.05) is 36.4 Å². The minimum Gasteiger partial charge on any atom is -0.379 e. The van der Waals surface area contributed by atoms with Gasteiger partial charge in [-0.25, -0.2) is 12.8 Å². The van der Waals surface area contributed by atoms with Crippen LogP contribution in [0.4, 0.5) is 10.1 Å². The summed E-state index contributed by atoms with van der Waals surface area (Å²) in [6, 6.07) is 17.9. The molecule has 35 heavy (non-hydrogen) atoms. The molecule has 0 bridgehead atoms. The maximum Gasteiger partial charge on any atom is 0.261 e. The molecule has 1 saturated heterocycles. The van der Waals surface area contributed by atoms with Gasteiger partial charge in [0.05, 0.1) is 18.1 Å². The van der Waals surface area contributed by atoms with E-state index < -0.39 is 15.8 Å². The van der Waals surface area contributed by atoms with Crippen LogP contribution in [0.1, 0.15) is 27.0 Å². The zero-order chi connectivity index (χ0) is 24.8. The van der Waals surface area contributed by atoms with E-state index in [4.69, 9.17) is 4.74 Å². The second kappa shape index (κ2) is 11.0. The summed E-state index contributed by atoms with van der Waals surface area (Å²) in [5.41, 5.74) is 3.04. The lowest BCUT2D eigenvalue weighted by Crippen LogP contribution is -2.36. The number of rotatable bonds is 8. The number of benzene rings is 3. The van der Waals surface area contributed by atoms with Gasteiger partial charge in [-0.05, 0) is 53.9 Å². The van der Waals surface area contributed by atoms with Gasteiger partial charge < -0.3 is 10.1 Å². The van der Waals surface area contributed by atoms with E-state index in [1.807, 2.05) is 18.2 Å². The first kappa shape index (κ1) is 24.8. The van der Waals surface area contributed by atoms with E-state index in [-0.39, 0.29) is 16.5 Å². The van der Waals surface area contributed by atoms with Crippen LogP contribution < -0.4 is 10.0 Å². The molecule has 1 fully saturated rings. The SMILES string of the molecule is Cc1ccc(S(=O)(=O)Nc2cccc(C(=O)NCc3ccccc3CN3CCOCC3)c2)cc1F. The average molecular weight is 498 g/mol. The third-order valence-electron chi connectivity index (χ3n) is 5.89. The van der Waals surface area contributed by atoms with Crippen LogP contribution in [0.5, 0.6) is 0 Å². The quantitative estimate of drug-likeness (QED) is 0.496. The highest BCUT2D eigenvalue weighted by Gasteiger charge is 2.17. The van der Waals surface area contributed by atoms with Crippen molar-refractivity contribution in [3.8, 4) is 0 Å². The Bertz CT molecular complexity index is 1310. The Kier molecular flexibility index (Phi) is 7.80.